The first-order valence-electron chi connectivity index (χ1n) is 5.89. The van der Waals surface area contributed by atoms with Crippen LogP contribution in [-0.4, -0.2) is 82.6 Å². The summed E-state index contributed by atoms with van der Waals surface area (Å²) in [5.74, 6) is -1.10. The van der Waals surface area contributed by atoms with Crippen molar-refractivity contribution in [2.24, 2.45) is 0 Å². The molecule has 0 amide bonds. The predicted octanol–water partition coefficient (Wildman–Crippen LogP) is 1.32. The van der Waals surface area contributed by atoms with Crippen LogP contribution >= 0.6 is 23.2 Å². The molecule has 1 aliphatic rings. The van der Waals surface area contributed by atoms with E-state index in [-0.39, 0.29) is 63.5 Å². The Kier molecular flexibility index (Phi) is 7.63. The van der Waals surface area contributed by atoms with Gasteiger partial charge in [0.2, 0.25) is 5.28 Å². The maximum atomic E-state index is 11.0. The summed E-state index contributed by atoms with van der Waals surface area (Å²) in [4.78, 5) is 18.4. The number of carbonyl (C=O) groups is 1. The van der Waals surface area contributed by atoms with Crippen molar-refractivity contribution in [2.75, 3.05) is 25.1 Å². The summed E-state index contributed by atoms with van der Waals surface area (Å²) < 4.78 is 10.4. The molecule has 1 aromatic rings. The number of carboxylic acid groups (broad SMARTS) is 1. The van der Waals surface area contributed by atoms with Gasteiger partial charge in [-0.1, -0.05) is 11.6 Å². The normalized spacial score (nSPS) is 17.8. The molecule has 0 saturated carbocycles. The molecule has 0 bridgehead atoms. The number of epoxide rings is 1. The first-order chi connectivity index (χ1) is 9.47. The molecule has 21 heavy (non-hydrogen) atoms. The molecule has 7 nitrogen and oxygen atoms in total. The Labute approximate surface area is 153 Å². The average molecular weight is 345 g/mol. The maximum Gasteiger partial charge on any atom is 0.356 e. The summed E-state index contributed by atoms with van der Waals surface area (Å²) in [6.45, 7) is 3.52. The minimum atomic E-state index is -1.27. The number of aromatic nitrogens is 2. The molecule has 2 rings (SSSR count). The van der Waals surface area contributed by atoms with E-state index in [9.17, 15) is 4.79 Å². The minimum Gasteiger partial charge on any atom is -0.476 e. The topological polar surface area (TPSA) is 96.9 Å². The van der Waals surface area contributed by atoms with Crippen LogP contribution in [0.15, 0.2) is 0 Å². The van der Waals surface area contributed by atoms with E-state index in [0.717, 1.165) is 6.61 Å². The van der Waals surface area contributed by atoms with Crippen LogP contribution in [0.25, 0.3) is 0 Å². The fourth-order valence-corrected chi connectivity index (χ4v) is 1.86. The first kappa shape index (κ1) is 18.9. The van der Waals surface area contributed by atoms with Crippen LogP contribution in [0.5, 0.6) is 0 Å². The predicted molar refractivity (Wildman–Crippen MR) is 78.4 cm³/mol. The second-order valence-corrected chi connectivity index (χ2v) is 5.06. The number of rotatable bonds is 7. The Hall–Kier alpha value is -0.150. The van der Waals surface area contributed by atoms with Crippen molar-refractivity contribution in [1.29, 1.82) is 0 Å². The molecule has 1 aliphatic heterocycles. The second kappa shape index (κ2) is 8.47. The molecule has 1 fully saturated rings. The van der Waals surface area contributed by atoms with Gasteiger partial charge in [0.25, 0.3) is 0 Å². The molecule has 0 aliphatic carbocycles. The van der Waals surface area contributed by atoms with Gasteiger partial charge in [-0.05, 0) is 18.5 Å². The SMILES string of the molecule is C[C@H](COC[C@@H]1CO1)Nc1nc(Cl)nc(C(=O)O)c1Cl.[Na]. The van der Waals surface area contributed by atoms with E-state index >= 15 is 0 Å². The van der Waals surface area contributed by atoms with E-state index in [1.165, 1.54) is 0 Å². The van der Waals surface area contributed by atoms with Gasteiger partial charge < -0.3 is 19.9 Å². The molecule has 1 saturated heterocycles. The number of hydrogen-bond acceptors (Lipinski definition) is 6. The van der Waals surface area contributed by atoms with Gasteiger partial charge in [0, 0.05) is 35.6 Å². The third kappa shape index (κ3) is 5.86. The number of halogens is 2. The largest absolute Gasteiger partial charge is 0.476 e. The molecule has 1 aromatic heterocycles. The quantitative estimate of drug-likeness (QED) is 0.437. The van der Waals surface area contributed by atoms with Crippen LogP contribution in [0.2, 0.25) is 10.3 Å². The molecule has 2 atom stereocenters. The van der Waals surface area contributed by atoms with Crippen molar-refractivity contribution in [2.45, 2.75) is 19.1 Å². The third-order valence-electron chi connectivity index (χ3n) is 2.48. The van der Waals surface area contributed by atoms with Crippen molar-refractivity contribution < 1.29 is 19.4 Å². The van der Waals surface area contributed by atoms with Crippen LogP contribution in [-0.2, 0) is 9.47 Å². The minimum absolute atomic E-state index is 0. The molecular formula is C11H13Cl2N3NaO4. The Morgan fingerprint density at radius 3 is 2.81 bits per heavy atom. The number of ether oxygens (including phenoxy) is 2. The van der Waals surface area contributed by atoms with Crippen LogP contribution < -0.4 is 5.32 Å². The number of hydrogen-bond donors (Lipinski definition) is 2. The van der Waals surface area contributed by atoms with Crippen molar-refractivity contribution in [1.82, 2.24) is 9.97 Å². The smallest absolute Gasteiger partial charge is 0.356 e. The summed E-state index contributed by atoms with van der Waals surface area (Å²) in [6.07, 6.45) is 0.192. The Morgan fingerprint density at radius 1 is 1.57 bits per heavy atom. The zero-order valence-corrected chi connectivity index (χ0v) is 15.1. The number of anilines is 1. The summed E-state index contributed by atoms with van der Waals surface area (Å²) in [6, 6.07) is -0.126. The van der Waals surface area contributed by atoms with E-state index in [0.29, 0.717) is 13.2 Å². The number of nitrogens with one attached hydrogen (secondary N) is 1. The average Bonchev–Trinajstić information content (AvgIpc) is 3.17. The Balaban J connectivity index is 0.00000220. The van der Waals surface area contributed by atoms with E-state index in [2.05, 4.69) is 15.3 Å². The monoisotopic (exact) mass is 344 g/mol. The van der Waals surface area contributed by atoms with Crippen LogP contribution in [0.3, 0.4) is 0 Å². The summed E-state index contributed by atoms with van der Waals surface area (Å²) in [7, 11) is 0. The number of nitrogens with zero attached hydrogens (tertiary/aromatic N) is 2. The molecule has 0 spiro atoms. The van der Waals surface area contributed by atoms with Gasteiger partial charge in [0.15, 0.2) is 11.5 Å². The Morgan fingerprint density at radius 2 is 2.24 bits per heavy atom. The maximum absolute atomic E-state index is 11.0. The van der Waals surface area contributed by atoms with E-state index in [1.807, 2.05) is 6.92 Å². The summed E-state index contributed by atoms with van der Waals surface area (Å²) in [5, 5.41) is 11.6. The third-order valence-corrected chi connectivity index (χ3v) is 3.01. The molecule has 0 unspecified atom stereocenters. The Bertz CT molecular complexity index is 516. The molecule has 0 aromatic carbocycles. The van der Waals surface area contributed by atoms with Gasteiger partial charge in [0.1, 0.15) is 11.1 Å². The molecule has 111 valence electrons. The second-order valence-electron chi connectivity index (χ2n) is 4.35. The zero-order chi connectivity index (χ0) is 14.7. The molecule has 2 N–H and O–H groups in total. The van der Waals surface area contributed by atoms with Gasteiger partial charge >= 0.3 is 5.97 Å². The molecule has 1 radical (unpaired) electrons. The summed E-state index contributed by atoms with van der Waals surface area (Å²) >= 11 is 11.6. The number of carboxylic acids is 1. The first-order valence-corrected chi connectivity index (χ1v) is 6.65. The van der Waals surface area contributed by atoms with Crippen molar-refractivity contribution in [3.05, 3.63) is 16.0 Å². The standard InChI is InChI=1S/C11H13Cl2N3O4.Na/c1-5(2-19-3-6-4-20-6)14-9-7(12)8(10(17)18)15-11(13)16-9;/h5-6H,2-4H2,1H3,(H,17,18)(H,14,15,16);/t5-,6-;/m1./s1. The van der Waals surface area contributed by atoms with E-state index in [4.69, 9.17) is 37.8 Å². The summed E-state index contributed by atoms with van der Waals surface area (Å²) in [5.41, 5.74) is -0.339. The number of aromatic carboxylic acids is 1. The van der Waals surface area contributed by atoms with Crippen LogP contribution in [0.4, 0.5) is 5.82 Å². The molecular weight excluding hydrogens is 332 g/mol. The fraction of sp³-hybridized carbons (Fsp3) is 0.545. The van der Waals surface area contributed by atoms with Gasteiger partial charge in [-0.25, -0.2) is 9.78 Å². The van der Waals surface area contributed by atoms with Crippen molar-refractivity contribution in [3.63, 3.8) is 0 Å². The fourth-order valence-electron chi connectivity index (χ4n) is 1.47. The van der Waals surface area contributed by atoms with Gasteiger partial charge in [-0.3, -0.25) is 0 Å². The van der Waals surface area contributed by atoms with Gasteiger partial charge in [0.05, 0.1) is 19.8 Å². The molecule has 10 heteroatoms. The zero-order valence-electron chi connectivity index (χ0n) is 11.6. The van der Waals surface area contributed by atoms with Gasteiger partial charge in [-0.2, -0.15) is 4.98 Å². The van der Waals surface area contributed by atoms with Crippen molar-refractivity contribution >= 4 is 64.5 Å². The van der Waals surface area contributed by atoms with E-state index in [1.54, 1.807) is 0 Å². The van der Waals surface area contributed by atoms with Gasteiger partial charge in [-0.15, -0.1) is 0 Å². The van der Waals surface area contributed by atoms with Crippen LogP contribution in [0, 0.1) is 0 Å². The van der Waals surface area contributed by atoms with Crippen molar-refractivity contribution in [3.8, 4) is 0 Å². The van der Waals surface area contributed by atoms with E-state index < -0.39 is 5.97 Å². The van der Waals surface area contributed by atoms with Crippen LogP contribution in [0.1, 0.15) is 17.4 Å². The molecule has 2 heterocycles.